The van der Waals surface area contributed by atoms with E-state index in [0.29, 0.717) is 12.2 Å². The molecule has 1 aliphatic rings. The number of anilines is 1. The fourth-order valence-electron chi connectivity index (χ4n) is 3.55. The van der Waals surface area contributed by atoms with Crippen molar-refractivity contribution in [2.24, 2.45) is 5.92 Å². The van der Waals surface area contributed by atoms with Crippen LogP contribution in [-0.2, 0) is 4.79 Å². The molecule has 0 aromatic carbocycles. The molecule has 1 fully saturated rings. The minimum absolute atomic E-state index is 0.0664. The predicted molar refractivity (Wildman–Crippen MR) is 107 cm³/mol. The van der Waals surface area contributed by atoms with Gasteiger partial charge in [0.05, 0.1) is 10.8 Å². The maximum Gasteiger partial charge on any atom is 0.227 e. The fourth-order valence-corrected chi connectivity index (χ4v) is 4.24. The van der Waals surface area contributed by atoms with Gasteiger partial charge in [-0.2, -0.15) is 4.52 Å². The second kappa shape index (κ2) is 7.64. The van der Waals surface area contributed by atoms with Gasteiger partial charge >= 0.3 is 0 Å². The summed E-state index contributed by atoms with van der Waals surface area (Å²) in [6, 6.07) is 7.85. The predicted octanol–water partition coefficient (Wildman–Crippen LogP) is 2.94. The average molecular weight is 385 g/mol. The first-order valence-corrected chi connectivity index (χ1v) is 10.3. The van der Waals surface area contributed by atoms with Gasteiger partial charge in [0.2, 0.25) is 5.91 Å². The Hall–Kier alpha value is -2.48. The van der Waals surface area contributed by atoms with E-state index >= 15 is 0 Å². The minimum Gasteiger partial charge on any atom is -0.357 e. The van der Waals surface area contributed by atoms with Crippen molar-refractivity contribution in [2.75, 3.05) is 31.6 Å². The van der Waals surface area contributed by atoms with E-state index in [-0.39, 0.29) is 11.8 Å². The zero-order chi connectivity index (χ0) is 18.8. The molecule has 4 heterocycles. The molecule has 0 bridgehead atoms. The van der Waals surface area contributed by atoms with Crippen molar-refractivity contribution in [1.82, 2.24) is 24.7 Å². The van der Waals surface area contributed by atoms with E-state index in [1.54, 1.807) is 15.9 Å². The number of hydrogen-bond acceptors (Lipinski definition) is 6. The number of amides is 1. The molecule has 0 aliphatic carbocycles. The third kappa shape index (κ3) is 3.66. The highest BCUT2D eigenvalue weighted by atomic mass is 32.1. The van der Waals surface area contributed by atoms with Crippen LogP contribution in [0.2, 0.25) is 0 Å². The van der Waals surface area contributed by atoms with E-state index < -0.39 is 0 Å². The minimum atomic E-state index is -0.0664. The van der Waals surface area contributed by atoms with Gasteiger partial charge in [-0.1, -0.05) is 13.0 Å². The van der Waals surface area contributed by atoms with Crippen LogP contribution in [0.4, 0.5) is 5.82 Å². The van der Waals surface area contributed by atoms with Crippen LogP contribution in [0.15, 0.2) is 29.6 Å². The monoisotopic (exact) mass is 384 g/mol. The molecule has 7 nitrogen and oxygen atoms in total. The van der Waals surface area contributed by atoms with E-state index in [1.165, 1.54) is 6.42 Å². The molecule has 0 N–H and O–H groups in total. The first-order valence-electron chi connectivity index (χ1n) is 9.40. The van der Waals surface area contributed by atoms with Crippen molar-refractivity contribution in [2.45, 2.75) is 26.2 Å². The van der Waals surface area contributed by atoms with Gasteiger partial charge in [-0.05, 0) is 42.8 Å². The molecule has 3 aromatic rings. The maximum absolute atomic E-state index is 12.7. The third-order valence-corrected chi connectivity index (χ3v) is 5.88. The van der Waals surface area contributed by atoms with Gasteiger partial charge in [0.25, 0.3) is 0 Å². The van der Waals surface area contributed by atoms with E-state index in [0.717, 1.165) is 42.5 Å². The third-order valence-electron chi connectivity index (χ3n) is 5.02. The van der Waals surface area contributed by atoms with Crippen molar-refractivity contribution in [3.8, 4) is 10.7 Å². The van der Waals surface area contributed by atoms with Crippen LogP contribution in [0.5, 0.6) is 0 Å². The SMILES string of the molecule is C[C@H](CN(C)c1ccc2nnc(-c3cccs3)n2n1)C(=O)N1CCCCC1. The van der Waals surface area contributed by atoms with E-state index in [1.807, 2.05) is 53.4 Å². The summed E-state index contributed by atoms with van der Waals surface area (Å²) in [5.41, 5.74) is 0.716. The number of likely N-dealkylation sites (tertiary alicyclic amines) is 1. The number of aromatic nitrogens is 4. The summed E-state index contributed by atoms with van der Waals surface area (Å²) in [7, 11) is 1.98. The molecular formula is C19H24N6OS. The first-order chi connectivity index (χ1) is 13.1. The molecule has 1 atom stereocenters. The van der Waals surface area contributed by atoms with Crippen molar-refractivity contribution >= 4 is 28.7 Å². The zero-order valence-electron chi connectivity index (χ0n) is 15.7. The summed E-state index contributed by atoms with van der Waals surface area (Å²) in [4.78, 5) is 17.8. The van der Waals surface area contributed by atoms with Crippen LogP contribution in [0.3, 0.4) is 0 Å². The molecular weight excluding hydrogens is 360 g/mol. The van der Waals surface area contributed by atoms with Crippen molar-refractivity contribution in [3.05, 3.63) is 29.6 Å². The topological polar surface area (TPSA) is 66.6 Å². The molecule has 0 unspecified atom stereocenters. The lowest BCUT2D eigenvalue weighted by Gasteiger charge is -2.31. The number of piperidine rings is 1. The summed E-state index contributed by atoms with van der Waals surface area (Å²) >= 11 is 1.61. The Morgan fingerprint density at radius 1 is 1.22 bits per heavy atom. The lowest BCUT2D eigenvalue weighted by molar-refractivity contribution is -0.135. The second-order valence-electron chi connectivity index (χ2n) is 7.13. The van der Waals surface area contributed by atoms with Crippen molar-refractivity contribution < 1.29 is 4.79 Å². The van der Waals surface area contributed by atoms with E-state index in [2.05, 4.69) is 10.2 Å². The Kier molecular flexibility index (Phi) is 5.07. The number of fused-ring (bicyclic) bond motifs is 1. The largest absolute Gasteiger partial charge is 0.357 e. The maximum atomic E-state index is 12.7. The normalized spacial score (nSPS) is 15.9. The summed E-state index contributed by atoms with van der Waals surface area (Å²) in [6.07, 6.45) is 3.46. The number of carbonyl (C=O) groups excluding carboxylic acids is 1. The smallest absolute Gasteiger partial charge is 0.227 e. The molecule has 1 aliphatic heterocycles. The van der Waals surface area contributed by atoms with E-state index in [4.69, 9.17) is 5.10 Å². The van der Waals surface area contributed by atoms with Gasteiger partial charge in [-0.15, -0.1) is 26.6 Å². The molecule has 1 saturated heterocycles. The quantitative estimate of drug-likeness (QED) is 0.677. The fraction of sp³-hybridized carbons (Fsp3) is 0.474. The van der Waals surface area contributed by atoms with Gasteiger partial charge in [0.1, 0.15) is 5.82 Å². The van der Waals surface area contributed by atoms with Gasteiger partial charge in [0.15, 0.2) is 11.5 Å². The highest BCUT2D eigenvalue weighted by Gasteiger charge is 2.23. The Bertz CT molecular complexity index is 916. The molecule has 27 heavy (non-hydrogen) atoms. The number of hydrogen-bond donors (Lipinski definition) is 0. The van der Waals surface area contributed by atoms with Gasteiger partial charge < -0.3 is 9.80 Å². The van der Waals surface area contributed by atoms with E-state index in [9.17, 15) is 4.79 Å². The molecule has 0 spiro atoms. The Labute approximate surface area is 162 Å². The molecule has 8 heteroatoms. The van der Waals surface area contributed by atoms with Gasteiger partial charge in [-0.25, -0.2) is 0 Å². The number of rotatable bonds is 5. The average Bonchev–Trinajstić information content (AvgIpc) is 3.36. The number of thiophene rings is 1. The van der Waals surface area contributed by atoms with Crippen molar-refractivity contribution in [3.63, 3.8) is 0 Å². The molecule has 4 rings (SSSR count). The molecule has 1 amide bonds. The Morgan fingerprint density at radius 2 is 2.04 bits per heavy atom. The highest BCUT2D eigenvalue weighted by Crippen LogP contribution is 2.24. The molecule has 3 aromatic heterocycles. The molecule has 0 radical (unpaired) electrons. The highest BCUT2D eigenvalue weighted by molar-refractivity contribution is 7.13. The van der Waals surface area contributed by atoms with Crippen LogP contribution in [0, 0.1) is 5.92 Å². The summed E-state index contributed by atoms with van der Waals surface area (Å²) < 4.78 is 1.77. The second-order valence-corrected chi connectivity index (χ2v) is 8.08. The Balaban J connectivity index is 1.51. The van der Waals surface area contributed by atoms with Crippen LogP contribution >= 0.6 is 11.3 Å². The number of nitrogens with zero attached hydrogens (tertiary/aromatic N) is 6. The standard InChI is InChI=1S/C19H24N6OS/c1-14(19(26)24-10-4-3-5-11-24)13-23(2)17-9-8-16-20-21-18(25(16)22-17)15-7-6-12-27-15/h6-9,12,14H,3-5,10-11,13H2,1-2H3/t14-/m1/s1. The van der Waals surface area contributed by atoms with Gasteiger partial charge in [-0.3, -0.25) is 4.79 Å². The zero-order valence-corrected chi connectivity index (χ0v) is 16.5. The van der Waals surface area contributed by atoms with Crippen LogP contribution in [0.1, 0.15) is 26.2 Å². The Morgan fingerprint density at radius 3 is 2.78 bits per heavy atom. The van der Waals surface area contributed by atoms with Crippen LogP contribution < -0.4 is 4.90 Å². The summed E-state index contributed by atoms with van der Waals surface area (Å²) in [5.74, 6) is 1.72. The van der Waals surface area contributed by atoms with Gasteiger partial charge in [0, 0.05) is 26.7 Å². The lowest BCUT2D eigenvalue weighted by atomic mass is 10.1. The van der Waals surface area contributed by atoms with Crippen LogP contribution in [-0.4, -0.2) is 57.3 Å². The molecule has 142 valence electrons. The summed E-state index contributed by atoms with van der Waals surface area (Å²) in [6.45, 7) is 4.41. The number of carbonyl (C=O) groups is 1. The van der Waals surface area contributed by atoms with Crippen LogP contribution in [0.25, 0.3) is 16.3 Å². The first kappa shape index (κ1) is 17.9. The summed E-state index contributed by atoms with van der Waals surface area (Å²) in [5, 5.41) is 15.2. The lowest BCUT2D eigenvalue weighted by Crippen LogP contribution is -2.42. The van der Waals surface area contributed by atoms with Crippen molar-refractivity contribution in [1.29, 1.82) is 0 Å². The molecule has 0 saturated carbocycles.